The van der Waals surface area contributed by atoms with Gasteiger partial charge in [-0.1, -0.05) is 41.7 Å². The molecule has 3 heterocycles. The van der Waals surface area contributed by atoms with Crippen LogP contribution < -0.4 is 5.32 Å². The summed E-state index contributed by atoms with van der Waals surface area (Å²) in [4.78, 5) is 32.3. The van der Waals surface area contributed by atoms with E-state index in [1.165, 1.54) is 16.9 Å². The third kappa shape index (κ3) is 4.59. The Bertz CT molecular complexity index is 831. The molecule has 2 amide bonds. The third-order valence-corrected chi connectivity index (χ3v) is 6.23. The topological polar surface area (TPSA) is 71.5 Å². The van der Waals surface area contributed by atoms with Crippen LogP contribution in [0.2, 0.25) is 0 Å². The second-order valence-corrected chi connectivity index (χ2v) is 8.37. The fourth-order valence-electron chi connectivity index (χ4n) is 3.68. The molecule has 0 saturated carbocycles. The van der Waals surface area contributed by atoms with Crippen molar-refractivity contribution < 1.29 is 14.3 Å². The summed E-state index contributed by atoms with van der Waals surface area (Å²) in [6, 6.07) is 10.3. The minimum atomic E-state index is -0.358. The molecule has 0 bridgehead atoms. The van der Waals surface area contributed by atoms with E-state index in [9.17, 15) is 9.59 Å². The Morgan fingerprint density at radius 2 is 2.14 bits per heavy atom. The van der Waals surface area contributed by atoms with Crippen molar-refractivity contribution in [2.45, 2.75) is 51.2 Å². The van der Waals surface area contributed by atoms with E-state index in [1.807, 2.05) is 23.1 Å². The molecular weight excluding hydrogens is 374 g/mol. The number of aromatic nitrogens is 1. The molecule has 1 saturated heterocycles. The predicted octanol–water partition coefficient (Wildman–Crippen LogP) is 3.17. The molecule has 2 aromatic rings. The average Bonchev–Trinajstić information content (AvgIpc) is 3.37. The van der Waals surface area contributed by atoms with Gasteiger partial charge in [-0.3, -0.25) is 14.9 Å². The number of nitrogens with zero attached hydrogens (tertiary/aromatic N) is 2. The maximum absolute atomic E-state index is 12.6. The minimum absolute atomic E-state index is 0.113. The van der Waals surface area contributed by atoms with Crippen LogP contribution in [0.15, 0.2) is 30.3 Å². The molecule has 1 aromatic carbocycles. The fourth-order valence-corrected chi connectivity index (χ4v) is 4.71. The second-order valence-electron chi connectivity index (χ2n) is 7.28. The van der Waals surface area contributed by atoms with Crippen LogP contribution in [0.25, 0.3) is 0 Å². The largest absolute Gasteiger partial charge is 0.368 e. The number of hydrogen-bond donors (Lipinski definition) is 1. The number of fused-ring (bicyclic) bond motifs is 1. The third-order valence-electron chi connectivity index (χ3n) is 5.24. The Hall–Kier alpha value is -2.25. The molecule has 1 fully saturated rings. The first-order valence-electron chi connectivity index (χ1n) is 9.92. The van der Waals surface area contributed by atoms with Crippen LogP contribution in [0.3, 0.4) is 0 Å². The number of hydrogen-bond acceptors (Lipinski definition) is 5. The number of aryl methyl sites for hydroxylation is 1. The predicted molar refractivity (Wildman–Crippen MR) is 108 cm³/mol. The van der Waals surface area contributed by atoms with Crippen LogP contribution in [0, 0.1) is 0 Å². The van der Waals surface area contributed by atoms with E-state index >= 15 is 0 Å². The summed E-state index contributed by atoms with van der Waals surface area (Å²) < 4.78 is 5.42. The van der Waals surface area contributed by atoms with Gasteiger partial charge in [-0.05, 0) is 31.2 Å². The molecule has 1 N–H and O–H groups in total. The van der Waals surface area contributed by atoms with Crippen LogP contribution in [0.4, 0.5) is 5.13 Å². The fraction of sp³-hybridized carbons (Fsp3) is 0.476. The Morgan fingerprint density at radius 3 is 2.93 bits per heavy atom. The van der Waals surface area contributed by atoms with Crippen molar-refractivity contribution in [2.24, 2.45) is 0 Å². The Balaban J connectivity index is 1.28. The Morgan fingerprint density at radius 1 is 1.29 bits per heavy atom. The molecule has 1 atom stereocenters. The Kier molecular flexibility index (Phi) is 6.02. The van der Waals surface area contributed by atoms with Gasteiger partial charge in [0.1, 0.15) is 6.10 Å². The van der Waals surface area contributed by atoms with Gasteiger partial charge >= 0.3 is 0 Å². The number of carbonyl (C=O) groups excluding carboxylic acids is 2. The highest BCUT2D eigenvalue weighted by Gasteiger charge is 2.27. The van der Waals surface area contributed by atoms with Crippen molar-refractivity contribution in [3.05, 3.63) is 46.5 Å². The minimum Gasteiger partial charge on any atom is -0.368 e. The van der Waals surface area contributed by atoms with Crippen LogP contribution in [-0.2, 0) is 33.7 Å². The van der Waals surface area contributed by atoms with Gasteiger partial charge in [0.05, 0.1) is 12.2 Å². The summed E-state index contributed by atoms with van der Waals surface area (Å²) in [5, 5.41) is 3.49. The monoisotopic (exact) mass is 399 g/mol. The normalized spacial score (nSPS) is 18.7. The lowest BCUT2D eigenvalue weighted by molar-refractivity contribution is -0.132. The van der Waals surface area contributed by atoms with E-state index in [0.717, 1.165) is 42.7 Å². The van der Waals surface area contributed by atoms with Crippen molar-refractivity contribution in [3.8, 4) is 0 Å². The number of benzene rings is 1. The van der Waals surface area contributed by atoms with Crippen LogP contribution >= 0.6 is 11.3 Å². The van der Waals surface area contributed by atoms with Gasteiger partial charge in [0.15, 0.2) is 5.13 Å². The molecule has 1 aromatic heterocycles. The first-order chi connectivity index (χ1) is 13.7. The number of nitrogens with one attached hydrogen (secondary N) is 1. The van der Waals surface area contributed by atoms with Gasteiger partial charge in [-0.25, -0.2) is 4.98 Å². The highest BCUT2D eigenvalue weighted by Crippen LogP contribution is 2.29. The summed E-state index contributed by atoms with van der Waals surface area (Å²) in [6.45, 7) is 1.93. The Labute approximate surface area is 168 Å². The zero-order valence-corrected chi connectivity index (χ0v) is 16.7. The molecular formula is C21H25N3O3S. The molecule has 2 aliphatic heterocycles. The van der Waals surface area contributed by atoms with E-state index in [4.69, 9.17) is 4.74 Å². The highest BCUT2D eigenvalue weighted by atomic mass is 32.1. The van der Waals surface area contributed by atoms with Crippen molar-refractivity contribution in [1.82, 2.24) is 9.88 Å². The first-order valence-corrected chi connectivity index (χ1v) is 10.7. The number of ether oxygens (including phenoxy) is 1. The number of carbonyl (C=O) groups is 2. The number of thiazole rings is 1. The quantitative estimate of drug-likeness (QED) is 0.810. The zero-order chi connectivity index (χ0) is 19.3. The van der Waals surface area contributed by atoms with Crippen LogP contribution in [0.5, 0.6) is 0 Å². The number of amides is 2. The summed E-state index contributed by atoms with van der Waals surface area (Å²) in [6.07, 6.45) is 4.42. The van der Waals surface area contributed by atoms with Crippen LogP contribution in [-0.4, -0.2) is 41.0 Å². The lowest BCUT2D eigenvalue weighted by Crippen LogP contribution is -2.35. The van der Waals surface area contributed by atoms with Crippen molar-refractivity contribution >= 4 is 28.3 Å². The molecule has 0 aliphatic carbocycles. The van der Waals surface area contributed by atoms with E-state index in [-0.39, 0.29) is 17.9 Å². The summed E-state index contributed by atoms with van der Waals surface area (Å²) in [7, 11) is 0. The van der Waals surface area contributed by atoms with Gasteiger partial charge in [0.25, 0.3) is 5.91 Å². The molecule has 28 heavy (non-hydrogen) atoms. The summed E-state index contributed by atoms with van der Waals surface area (Å²) in [5.41, 5.74) is 2.27. The van der Waals surface area contributed by atoms with Crippen molar-refractivity contribution in [3.63, 3.8) is 0 Å². The summed E-state index contributed by atoms with van der Waals surface area (Å²) in [5.74, 6) is 0.0809. The molecule has 2 aliphatic rings. The van der Waals surface area contributed by atoms with E-state index in [0.29, 0.717) is 31.2 Å². The van der Waals surface area contributed by atoms with E-state index in [1.54, 1.807) is 0 Å². The van der Waals surface area contributed by atoms with E-state index in [2.05, 4.69) is 22.4 Å². The number of anilines is 1. The van der Waals surface area contributed by atoms with Gasteiger partial charge in [0, 0.05) is 30.9 Å². The lowest BCUT2D eigenvalue weighted by Gasteiger charge is -2.26. The zero-order valence-electron chi connectivity index (χ0n) is 15.9. The van der Waals surface area contributed by atoms with Crippen LogP contribution in [0.1, 0.15) is 41.8 Å². The maximum Gasteiger partial charge on any atom is 0.255 e. The number of rotatable bonds is 6. The molecule has 7 heteroatoms. The lowest BCUT2D eigenvalue weighted by atomic mass is 10.1. The van der Waals surface area contributed by atoms with E-state index < -0.39 is 0 Å². The molecule has 0 radical (unpaired) electrons. The van der Waals surface area contributed by atoms with Crippen molar-refractivity contribution in [2.75, 3.05) is 18.5 Å². The summed E-state index contributed by atoms with van der Waals surface area (Å²) >= 11 is 1.47. The molecule has 0 spiro atoms. The molecule has 6 nitrogen and oxygen atoms in total. The standard InChI is InChI=1S/C21H25N3O3S/c25-19(10-4-8-15-6-2-1-3-7-15)24-12-11-16-18(14-24)28-21(22-16)23-20(26)17-9-5-13-27-17/h1-3,6-7,17H,4-5,8-14H2,(H,22,23,26). The maximum atomic E-state index is 12.6. The molecule has 4 rings (SSSR count). The molecule has 148 valence electrons. The first kappa shape index (κ1) is 19.1. The van der Waals surface area contributed by atoms with Gasteiger partial charge in [-0.2, -0.15) is 0 Å². The van der Waals surface area contributed by atoms with Crippen molar-refractivity contribution in [1.29, 1.82) is 0 Å². The smallest absolute Gasteiger partial charge is 0.255 e. The molecule has 1 unspecified atom stereocenters. The van der Waals surface area contributed by atoms with Gasteiger partial charge in [-0.15, -0.1) is 0 Å². The van der Waals surface area contributed by atoms with Gasteiger partial charge < -0.3 is 9.64 Å². The highest BCUT2D eigenvalue weighted by molar-refractivity contribution is 7.15. The second kappa shape index (κ2) is 8.84. The van der Waals surface area contributed by atoms with Gasteiger partial charge in [0.2, 0.25) is 5.91 Å². The average molecular weight is 400 g/mol. The SMILES string of the molecule is O=C(Nc1nc2c(s1)CN(C(=O)CCCc1ccccc1)CC2)C1CCCO1.